The van der Waals surface area contributed by atoms with Gasteiger partial charge >= 0.3 is 0 Å². The van der Waals surface area contributed by atoms with Gasteiger partial charge in [-0.15, -0.1) is 0 Å². The number of rotatable bonds is 2. The highest BCUT2D eigenvalue weighted by molar-refractivity contribution is 7.93. The van der Waals surface area contributed by atoms with E-state index in [1.54, 1.807) is 0 Å². The third-order valence-corrected chi connectivity index (χ3v) is 3.87. The lowest BCUT2D eigenvalue weighted by molar-refractivity contribution is 0.599. The smallest absolute Gasteiger partial charge is 0.176 e. The van der Waals surface area contributed by atoms with Crippen LogP contribution in [0.15, 0.2) is 34.1 Å². The maximum absolute atomic E-state index is 11.2. The van der Waals surface area contributed by atoms with Crippen LogP contribution < -0.4 is 5.14 Å². The zero-order valence-electron chi connectivity index (χ0n) is 7.43. The molecule has 78 valence electrons. The molecule has 1 atom stereocenters. The van der Waals surface area contributed by atoms with Gasteiger partial charge in [0.15, 0.2) is 9.84 Å². The highest BCUT2D eigenvalue weighted by Gasteiger charge is 2.17. The average Bonchev–Trinajstić information content (AvgIpc) is 2.01. The van der Waals surface area contributed by atoms with E-state index in [9.17, 15) is 12.6 Å². The van der Waals surface area contributed by atoms with Crippen LogP contribution in [0, 0.1) is 4.78 Å². The van der Waals surface area contributed by atoms with Crippen LogP contribution >= 0.6 is 0 Å². The van der Waals surface area contributed by atoms with Gasteiger partial charge in [-0.2, -0.15) is 0 Å². The molecule has 0 saturated heterocycles. The normalized spacial score (nSPS) is 16.1. The fourth-order valence-corrected chi connectivity index (χ4v) is 3.24. The molecule has 1 unspecified atom stereocenters. The molecule has 0 bridgehead atoms. The fraction of sp³-hybridized carbons (Fsp3) is 0.143. The second kappa shape index (κ2) is 3.34. The Morgan fingerprint density at radius 1 is 1.14 bits per heavy atom. The minimum Gasteiger partial charge on any atom is -0.241 e. The summed E-state index contributed by atoms with van der Waals surface area (Å²) in [5.41, 5.74) is 0. The van der Waals surface area contributed by atoms with Gasteiger partial charge in [-0.1, -0.05) is 12.1 Å². The van der Waals surface area contributed by atoms with Crippen LogP contribution in [0.25, 0.3) is 0 Å². The Balaban J connectivity index is 3.64. The van der Waals surface area contributed by atoms with Crippen molar-refractivity contribution in [2.24, 2.45) is 5.14 Å². The number of hydrogen-bond donors (Lipinski definition) is 2. The van der Waals surface area contributed by atoms with Gasteiger partial charge in [-0.25, -0.2) is 22.5 Å². The van der Waals surface area contributed by atoms with Gasteiger partial charge in [-0.3, -0.25) is 0 Å². The maximum atomic E-state index is 11.2. The first-order valence-electron chi connectivity index (χ1n) is 3.58. The second-order valence-electron chi connectivity index (χ2n) is 2.82. The van der Waals surface area contributed by atoms with Gasteiger partial charge in [0.25, 0.3) is 0 Å². The molecule has 0 aromatic heterocycles. The van der Waals surface area contributed by atoms with Crippen molar-refractivity contribution in [2.75, 3.05) is 6.26 Å². The summed E-state index contributed by atoms with van der Waals surface area (Å²) in [6.45, 7) is 0. The number of nitrogens with two attached hydrogens (primary N) is 1. The molecule has 1 aromatic rings. The molecule has 3 N–H and O–H groups in total. The first-order chi connectivity index (χ1) is 6.23. The van der Waals surface area contributed by atoms with Gasteiger partial charge in [-0.05, 0) is 12.1 Å². The summed E-state index contributed by atoms with van der Waals surface area (Å²) in [6.07, 6.45) is 0.983. The van der Waals surface area contributed by atoms with Crippen molar-refractivity contribution in [3.8, 4) is 0 Å². The van der Waals surface area contributed by atoms with Crippen molar-refractivity contribution < 1.29 is 12.6 Å². The SMILES string of the molecule is CS(=O)(=O)c1ccccc1S(=N)(N)=O. The third-order valence-electron chi connectivity index (χ3n) is 1.58. The summed E-state index contributed by atoms with van der Waals surface area (Å²) in [5, 5.41) is 5.08. The highest BCUT2D eigenvalue weighted by atomic mass is 32.2. The summed E-state index contributed by atoms with van der Waals surface area (Å²) in [5.74, 6) is 0. The molecule has 0 aliphatic carbocycles. The summed E-state index contributed by atoms with van der Waals surface area (Å²) in [4.78, 5) is -0.301. The molecular weight excluding hydrogens is 224 g/mol. The Labute approximate surface area is 83.0 Å². The van der Waals surface area contributed by atoms with Crippen LogP contribution in [0.1, 0.15) is 0 Å². The van der Waals surface area contributed by atoms with E-state index < -0.39 is 19.8 Å². The largest absolute Gasteiger partial charge is 0.241 e. The molecule has 1 aromatic carbocycles. The second-order valence-corrected chi connectivity index (χ2v) is 6.44. The maximum Gasteiger partial charge on any atom is 0.176 e. The van der Waals surface area contributed by atoms with E-state index in [1.807, 2.05) is 0 Å². The lowest BCUT2D eigenvalue weighted by Crippen LogP contribution is -2.14. The minimum atomic E-state index is -3.50. The Hall–Kier alpha value is -0.920. The zero-order valence-corrected chi connectivity index (χ0v) is 9.06. The first kappa shape index (κ1) is 11.2. The van der Waals surface area contributed by atoms with Crippen LogP contribution in [-0.2, 0) is 19.8 Å². The van der Waals surface area contributed by atoms with Crippen LogP contribution in [0.3, 0.4) is 0 Å². The van der Waals surface area contributed by atoms with Crippen molar-refractivity contribution in [3.63, 3.8) is 0 Å². The van der Waals surface area contributed by atoms with E-state index in [-0.39, 0.29) is 9.79 Å². The highest BCUT2D eigenvalue weighted by Crippen LogP contribution is 2.18. The van der Waals surface area contributed by atoms with E-state index in [2.05, 4.69) is 0 Å². The summed E-state index contributed by atoms with van der Waals surface area (Å²) in [7, 11) is -6.99. The molecule has 0 amide bonds. The number of nitrogens with one attached hydrogen (secondary N) is 1. The predicted octanol–water partition coefficient (Wildman–Crippen LogP) is 0.369. The van der Waals surface area contributed by atoms with Crippen molar-refractivity contribution in [3.05, 3.63) is 24.3 Å². The first-order valence-corrected chi connectivity index (χ1v) is 7.10. The van der Waals surface area contributed by atoms with Gasteiger partial charge in [0.2, 0.25) is 0 Å². The fourth-order valence-electron chi connectivity index (χ4n) is 1.01. The van der Waals surface area contributed by atoms with E-state index in [4.69, 9.17) is 9.92 Å². The molecule has 0 aliphatic rings. The molecule has 1 rings (SSSR count). The van der Waals surface area contributed by atoms with Crippen molar-refractivity contribution in [2.45, 2.75) is 9.79 Å². The van der Waals surface area contributed by atoms with Crippen molar-refractivity contribution in [1.82, 2.24) is 0 Å². The summed E-state index contributed by atoms with van der Waals surface area (Å²) in [6, 6.07) is 5.55. The number of hydrogen-bond acceptors (Lipinski definition) is 4. The lowest BCUT2D eigenvalue weighted by Gasteiger charge is -2.06. The molecule has 0 aliphatic heterocycles. The Kier molecular flexibility index (Phi) is 2.66. The van der Waals surface area contributed by atoms with Crippen LogP contribution in [0.5, 0.6) is 0 Å². The Bertz CT molecular complexity index is 495. The molecule has 14 heavy (non-hydrogen) atoms. The molecule has 0 saturated carbocycles. The zero-order chi connectivity index (χ0) is 11.0. The molecule has 5 nitrogen and oxygen atoms in total. The quantitative estimate of drug-likeness (QED) is 0.772. The van der Waals surface area contributed by atoms with Crippen LogP contribution in [0.2, 0.25) is 0 Å². The topological polar surface area (TPSA) is 101 Å². The van der Waals surface area contributed by atoms with Crippen molar-refractivity contribution in [1.29, 1.82) is 4.78 Å². The minimum absolute atomic E-state index is 0.150. The van der Waals surface area contributed by atoms with Gasteiger partial charge in [0.1, 0.15) is 9.92 Å². The van der Waals surface area contributed by atoms with Crippen LogP contribution in [-0.4, -0.2) is 18.9 Å². The average molecular weight is 234 g/mol. The molecule has 0 heterocycles. The predicted molar refractivity (Wildman–Crippen MR) is 52.9 cm³/mol. The Morgan fingerprint density at radius 3 is 1.86 bits per heavy atom. The standard InChI is InChI=1S/C7H10N2O3S2/c1-13(10,11)6-4-2-3-5-7(6)14(8,9)12/h2-5H,1H3,(H3,8,9,12). The van der Waals surface area contributed by atoms with E-state index in [1.165, 1.54) is 24.3 Å². The van der Waals surface area contributed by atoms with Crippen molar-refractivity contribution >= 4 is 19.8 Å². The number of benzene rings is 1. The van der Waals surface area contributed by atoms with E-state index >= 15 is 0 Å². The molecule has 0 radical (unpaired) electrons. The van der Waals surface area contributed by atoms with Crippen LogP contribution in [0.4, 0.5) is 0 Å². The summed E-state index contributed by atoms with van der Waals surface area (Å²) < 4.78 is 40.8. The van der Waals surface area contributed by atoms with Gasteiger partial charge in [0, 0.05) is 6.26 Å². The molecule has 0 spiro atoms. The van der Waals surface area contributed by atoms with E-state index in [0.717, 1.165) is 6.26 Å². The Morgan fingerprint density at radius 2 is 1.57 bits per heavy atom. The molecule has 7 heteroatoms. The number of sulfone groups is 1. The molecular formula is C7H10N2O3S2. The molecule has 0 fully saturated rings. The summed E-state index contributed by atoms with van der Waals surface area (Å²) >= 11 is 0. The third kappa shape index (κ3) is 2.31. The van der Waals surface area contributed by atoms with E-state index in [0.29, 0.717) is 0 Å². The van der Waals surface area contributed by atoms with Gasteiger partial charge in [0.05, 0.1) is 9.79 Å². The van der Waals surface area contributed by atoms with Gasteiger partial charge < -0.3 is 0 Å². The monoisotopic (exact) mass is 234 g/mol. The lowest BCUT2D eigenvalue weighted by atomic mass is 10.4.